The quantitative estimate of drug-likeness (QED) is 0.225. The lowest BCUT2D eigenvalue weighted by atomic mass is 10.00. The largest absolute Gasteiger partial charge is 0.390 e. The van der Waals surface area contributed by atoms with Crippen LogP contribution in [-0.2, 0) is 34.2 Å². The van der Waals surface area contributed by atoms with Gasteiger partial charge in [-0.25, -0.2) is 17.2 Å². The van der Waals surface area contributed by atoms with Crippen LogP contribution >= 0.6 is 22.6 Å². The molecular weight excluding hydrogens is 609 g/mol. The van der Waals surface area contributed by atoms with E-state index in [1.807, 2.05) is 24.3 Å². The second kappa shape index (κ2) is 12.6. The average molecular weight is 634 g/mol. The normalized spacial score (nSPS) is 13.2. The summed E-state index contributed by atoms with van der Waals surface area (Å²) in [6.07, 6.45) is -0.462. The van der Waals surface area contributed by atoms with Crippen molar-refractivity contribution in [3.05, 3.63) is 80.6 Å². The van der Waals surface area contributed by atoms with Crippen LogP contribution in [0.3, 0.4) is 0 Å². The first kappa shape index (κ1) is 28.0. The second-order valence-corrected chi connectivity index (χ2v) is 11.2. The van der Waals surface area contributed by atoms with Gasteiger partial charge in [-0.15, -0.1) is 0 Å². The molecule has 0 aliphatic heterocycles. The molecule has 0 saturated carbocycles. The van der Waals surface area contributed by atoms with E-state index in [0.29, 0.717) is 6.54 Å². The van der Waals surface area contributed by atoms with Crippen LogP contribution in [0.5, 0.6) is 0 Å². The predicted octanol–water partition coefficient (Wildman–Crippen LogP) is 2.35. The highest BCUT2D eigenvalue weighted by molar-refractivity contribution is 14.1. The van der Waals surface area contributed by atoms with Gasteiger partial charge in [0.05, 0.1) is 30.5 Å². The number of hydrogen-bond donors (Lipinski definition) is 4. The van der Waals surface area contributed by atoms with Gasteiger partial charge in [-0.2, -0.15) is 0 Å². The summed E-state index contributed by atoms with van der Waals surface area (Å²) in [5.41, 5.74) is 1.42. The van der Waals surface area contributed by atoms with Crippen molar-refractivity contribution in [3.63, 3.8) is 0 Å². The standard InChI is InChI=1S/C23H25F2IN4O5S/c1-36(33,34)30-23-11-19(29-35-23)10-22(32)28-20(8-15-5-16(24)9-17(25)6-15)21(31)13-27-12-14-3-2-4-18(26)7-14/h2-7,9,11,20-21,27,30-31H,8,10,12-13H2,1H3,(H,28,32)/t20-,21+/m0/s1. The summed E-state index contributed by atoms with van der Waals surface area (Å²) < 4.78 is 58.0. The van der Waals surface area contributed by atoms with Gasteiger partial charge < -0.3 is 20.3 Å². The molecule has 1 aromatic heterocycles. The van der Waals surface area contributed by atoms with Gasteiger partial charge in [0.1, 0.15) is 11.6 Å². The molecule has 1 amide bonds. The lowest BCUT2D eigenvalue weighted by Gasteiger charge is -2.25. The van der Waals surface area contributed by atoms with Crippen molar-refractivity contribution in [1.29, 1.82) is 0 Å². The highest BCUT2D eigenvalue weighted by Crippen LogP contribution is 2.14. The molecule has 13 heteroatoms. The van der Waals surface area contributed by atoms with Crippen LogP contribution in [0.15, 0.2) is 53.1 Å². The molecular formula is C23H25F2IN4O5S. The summed E-state index contributed by atoms with van der Waals surface area (Å²) in [6.45, 7) is 0.568. The summed E-state index contributed by atoms with van der Waals surface area (Å²) in [5.74, 6) is -2.23. The lowest BCUT2D eigenvalue weighted by Crippen LogP contribution is -2.49. The molecule has 0 fully saturated rings. The van der Waals surface area contributed by atoms with E-state index in [2.05, 4.69) is 43.1 Å². The van der Waals surface area contributed by atoms with Crippen LogP contribution in [0.2, 0.25) is 0 Å². The summed E-state index contributed by atoms with van der Waals surface area (Å²) in [7, 11) is -3.58. The number of anilines is 1. The number of nitrogens with zero attached hydrogens (tertiary/aromatic N) is 1. The predicted molar refractivity (Wildman–Crippen MR) is 138 cm³/mol. The Morgan fingerprint density at radius 1 is 1.14 bits per heavy atom. The number of aliphatic hydroxyl groups is 1. The minimum atomic E-state index is -3.58. The molecule has 36 heavy (non-hydrogen) atoms. The van der Waals surface area contributed by atoms with Gasteiger partial charge in [0, 0.05) is 28.8 Å². The van der Waals surface area contributed by atoms with Crippen molar-refractivity contribution in [1.82, 2.24) is 15.8 Å². The topological polar surface area (TPSA) is 134 Å². The number of benzene rings is 2. The molecule has 0 aliphatic rings. The van der Waals surface area contributed by atoms with Gasteiger partial charge in [-0.3, -0.25) is 9.52 Å². The van der Waals surface area contributed by atoms with E-state index in [1.54, 1.807) is 0 Å². The zero-order chi connectivity index (χ0) is 26.3. The highest BCUT2D eigenvalue weighted by Gasteiger charge is 2.23. The smallest absolute Gasteiger partial charge is 0.238 e. The summed E-state index contributed by atoms with van der Waals surface area (Å²) in [6, 6.07) is 11.2. The van der Waals surface area contributed by atoms with Gasteiger partial charge in [-0.1, -0.05) is 17.3 Å². The number of amides is 1. The van der Waals surface area contributed by atoms with Gasteiger partial charge in [0.2, 0.25) is 21.8 Å². The fraction of sp³-hybridized carbons (Fsp3) is 0.304. The van der Waals surface area contributed by atoms with E-state index in [1.165, 1.54) is 6.07 Å². The van der Waals surface area contributed by atoms with E-state index < -0.39 is 39.7 Å². The third kappa shape index (κ3) is 9.44. The molecule has 9 nitrogen and oxygen atoms in total. The van der Waals surface area contributed by atoms with Gasteiger partial charge in [0.15, 0.2) is 0 Å². The number of carbonyl (C=O) groups excluding carboxylic acids is 1. The molecule has 0 saturated heterocycles. The Bertz CT molecular complexity index is 1280. The van der Waals surface area contributed by atoms with E-state index in [0.717, 1.165) is 33.6 Å². The van der Waals surface area contributed by atoms with Crippen LogP contribution in [0, 0.1) is 15.2 Å². The Kier molecular flexibility index (Phi) is 9.76. The maximum absolute atomic E-state index is 13.7. The lowest BCUT2D eigenvalue weighted by molar-refractivity contribution is -0.122. The maximum atomic E-state index is 13.7. The monoisotopic (exact) mass is 634 g/mol. The molecule has 2 atom stereocenters. The summed E-state index contributed by atoms with van der Waals surface area (Å²) in [5, 5.41) is 20.3. The molecule has 194 valence electrons. The van der Waals surface area contributed by atoms with E-state index in [4.69, 9.17) is 4.52 Å². The number of aromatic nitrogens is 1. The number of aliphatic hydroxyl groups excluding tert-OH is 1. The van der Waals surface area contributed by atoms with Gasteiger partial charge in [-0.05, 0) is 64.4 Å². The summed E-state index contributed by atoms with van der Waals surface area (Å²) in [4.78, 5) is 12.7. The highest BCUT2D eigenvalue weighted by atomic mass is 127. The molecule has 3 rings (SSSR count). The Morgan fingerprint density at radius 2 is 1.86 bits per heavy atom. The number of carbonyl (C=O) groups is 1. The van der Waals surface area contributed by atoms with Crippen molar-refractivity contribution in [2.75, 3.05) is 17.5 Å². The fourth-order valence-corrected chi connectivity index (χ4v) is 4.54. The van der Waals surface area contributed by atoms with Crippen molar-refractivity contribution in [2.45, 2.75) is 31.5 Å². The molecule has 2 aromatic carbocycles. The Labute approximate surface area is 220 Å². The molecule has 0 bridgehead atoms. The molecule has 0 unspecified atom stereocenters. The van der Waals surface area contributed by atoms with Crippen molar-refractivity contribution in [3.8, 4) is 0 Å². The molecule has 0 aliphatic carbocycles. The first-order valence-corrected chi connectivity index (χ1v) is 13.7. The molecule has 3 aromatic rings. The first-order chi connectivity index (χ1) is 17.0. The van der Waals surface area contributed by atoms with Crippen LogP contribution in [0.1, 0.15) is 16.8 Å². The van der Waals surface area contributed by atoms with E-state index >= 15 is 0 Å². The number of sulfonamides is 1. The Hall–Kier alpha value is -2.62. The number of rotatable bonds is 12. The SMILES string of the molecule is CS(=O)(=O)Nc1cc(CC(=O)N[C@@H](Cc2cc(F)cc(F)c2)[C@H](O)CNCc2cccc(I)c2)no1. The third-order valence-corrected chi connectivity index (χ3v) is 6.19. The molecule has 4 N–H and O–H groups in total. The summed E-state index contributed by atoms with van der Waals surface area (Å²) >= 11 is 2.20. The second-order valence-electron chi connectivity index (χ2n) is 8.22. The Morgan fingerprint density at radius 3 is 2.53 bits per heavy atom. The maximum Gasteiger partial charge on any atom is 0.238 e. The van der Waals surface area contributed by atoms with Gasteiger partial charge in [0.25, 0.3) is 0 Å². The molecule has 0 spiro atoms. The van der Waals surface area contributed by atoms with Crippen molar-refractivity contribution in [2.24, 2.45) is 0 Å². The van der Waals surface area contributed by atoms with Crippen molar-refractivity contribution < 1.29 is 31.6 Å². The van der Waals surface area contributed by atoms with Crippen LogP contribution < -0.4 is 15.4 Å². The number of hydrogen-bond acceptors (Lipinski definition) is 7. The van der Waals surface area contributed by atoms with Crippen molar-refractivity contribution >= 4 is 44.4 Å². The Balaban J connectivity index is 1.66. The van der Waals surface area contributed by atoms with Crippen LogP contribution in [0.4, 0.5) is 14.7 Å². The zero-order valence-electron chi connectivity index (χ0n) is 19.2. The van der Waals surface area contributed by atoms with Crippen LogP contribution in [0.25, 0.3) is 0 Å². The first-order valence-electron chi connectivity index (χ1n) is 10.8. The third-order valence-electron chi connectivity index (χ3n) is 4.95. The minimum absolute atomic E-state index is 0.0355. The number of halogens is 3. The van der Waals surface area contributed by atoms with E-state index in [-0.39, 0.29) is 36.5 Å². The zero-order valence-corrected chi connectivity index (χ0v) is 22.1. The van der Waals surface area contributed by atoms with Crippen LogP contribution in [-0.4, -0.2) is 49.5 Å². The van der Waals surface area contributed by atoms with E-state index in [9.17, 15) is 27.1 Å². The van der Waals surface area contributed by atoms with Gasteiger partial charge >= 0.3 is 0 Å². The molecule has 1 heterocycles. The fourth-order valence-electron chi connectivity index (χ4n) is 3.47. The average Bonchev–Trinajstić information content (AvgIpc) is 3.17. The minimum Gasteiger partial charge on any atom is -0.390 e. The number of nitrogens with one attached hydrogen (secondary N) is 3. The molecule has 0 radical (unpaired) electrons.